The topological polar surface area (TPSA) is 82.9 Å². The molecule has 0 bridgehead atoms. The Morgan fingerprint density at radius 2 is 2.26 bits per heavy atom. The first-order chi connectivity index (χ1) is 9.11. The fourth-order valence-electron chi connectivity index (χ4n) is 2.33. The first-order valence-electron chi connectivity index (χ1n) is 6.40. The van der Waals surface area contributed by atoms with E-state index in [4.69, 9.17) is 5.26 Å². The monoisotopic (exact) mass is 279 g/mol. The third-order valence-electron chi connectivity index (χ3n) is 3.37. The van der Waals surface area contributed by atoms with Crippen molar-refractivity contribution in [2.45, 2.75) is 31.7 Å². The zero-order chi connectivity index (χ0) is 13.7. The van der Waals surface area contributed by atoms with E-state index in [2.05, 4.69) is 15.8 Å². The highest BCUT2D eigenvalue weighted by atomic mass is 32.2. The van der Waals surface area contributed by atoms with Gasteiger partial charge in [0.2, 0.25) is 10.0 Å². The van der Waals surface area contributed by atoms with Crippen LogP contribution in [0, 0.1) is 17.2 Å². The summed E-state index contributed by atoms with van der Waals surface area (Å²) < 4.78 is 26.6. The Morgan fingerprint density at radius 1 is 1.42 bits per heavy atom. The molecule has 6 heteroatoms. The van der Waals surface area contributed by atoms with E-state index in [1.165, 1.54) is 0 Å². The molecule has 0 saturated heterocycles. The van der Waals surface area contributed by atoms with Gasteiger partial charge in [0.05, 0.1) is 17.7 Å². The molecule has 0 radical (unpaired) electrons. The van der Waals surface area contributed by atoms with Gasteiger partial charge in [0.1, 0.15) is 0 Å². The number of pyridine rings is 1. The second kappa shape index (κ2) is 6.13. The summed E-state index contributed by atoms with van der Waals surface area (Å²) >= 11 is 0. The molecule has 1 aromatic heterocycles. The SMILES string of the molecule is N#CC1CCCC1NS(=O)(=O)CCc1ccccn1. The number of hydrogen-bond acceptors (Lipinski definition) is 4. The smallest absolute Gasteiger partial charge is 0.212 e. The van der Waals surface area contributed by atoms with Gasteiger partial charge in [-0.25, -0.2) is 13.1 Å². The van der Waals surface area contributed by atoms with Crippen molar-refractivity contribution in [2.24, 2.45) is 5.92 Å². The Labute approximate surface area is 113 Å². The van der Waals surface area contributed by atoms with Crippen LogP contribution in [-0.2, 0) is 16.4 Å². The second-order valence-electron chi connectivity index (χ2n) is 4.78. The van der Waals surface area contributed by atoms with E-state index in [9.17, 15) is 8.42 Å². The number of aromatic nitrogens is 1. The fraction of sp³-hybridized carbons (Fsp3) is 0.538. The standard InChI is InChI=1S/C13H17N3O2S/c14-10-11-4-3-6-13(11)16-19(17,18)9-7-12-5-1-2-8-15-12/h1-2,5,8,11,13,16H,3-4,6-7,9H2. The summed E-state index contributed by atoms with van der Waals surface area (Å²) in [6, 6.07) is 7.39. The van der Waals surface area contributed by atoms with Crippen molar-refractivity contribution in [2.75, 3.05) is 5.75 Å². The van der Waals surface area contributed by atoms with Crippen molar-refractivity contribution < 1.29 is 8.42 Å². The largest absolute Gasteiger partial charge is 0.261 e. The maximum Gasteiger partial charge on any atom is 0.212 e. The molecule has 1 aliphatic carbocycles. The Morgan fingerprint density at radius 3 is 2.95 bits per heavy atom. The van der Waals surface area contributed by atoms with Crippen molar-refractivity contribution >= 4 is 10.0 Å². The van der Waals surface area contributed by atoms with Crippen molar-refractivity contribution in [3.8, 4) is 6.07 Å². The van der Waals surface area contributed by atoms with Crippen LogP contribution < -0.4 is 4.72 Å². The van der Waals surface area contributed by atoms with Crippen LogP contribution in [-0.4, -0.2) is 25.2 Å². The summed E-state index contributed by atoms with van der Waals surface area (Å²) in [5, 5.41) is 8.95. The van der Waals surface area contributed by atoms with E-state index in [0.717, 1.165) is 25.0 Å². The number of nitrogens with zero attached hydrogens (tertiary/aromatic N) is 2. The quantitative estimate of drug-likeness (QED) is 0.879. The van der Waals surface area contributed by atoms with E-state index < -0.39 is 10.0 Å². The van der Waals surface area contributed by atoms with Crippen LogP contribution in [0.1, 0.15) is 25.0 Å². The van der Waals surface area contributed by atoms with E-state index in [0.29, 0.717) is 6.42 Å². The molecule has 2 unspecified atom stereocenters. The summed E-state index contributed by atoms with van der Waals surface area (Å²) in [6.45, 7) is 0. The van der Waals surface area contributed by atoms with Gasteiger partial charge in [-0.05, 0) is 25.0 Å². The third kappa shape index (κ3) is 4.01. The highest BCUT2D eigenvalue weighted by Crippen LogP contribution is 2.25. The zero-order valence-corrected chi connectivity index (χ0v) is 11.4. The number of rotatable bonds is 5. The Hall–Kier alpha value is -1.45. The summed E-state index contributed by atoms with van der Waals surface area (Å²) in [6.07, 6.45) is 4.48. The van der Waals surface area contributed by atoms with Crippen LogP contribution in [0.5, 0.6) is 0 Å². The van der Waals surface area contributed by atoms with Crippen molar-refractivity contribution in [3.63, 3.8) is 0 Å². The number of aryl methyl sites for hydroxylation is 1. The second-order valence-corrected chi connectivity index (χ2v) is 6.65. The lowest BCUT2D eigenvalue weighted by atomic mass is 10.1. The lowest BCUT2D eigenvalue weighted by Gasteiger charge is -2.15. The van der Waals surface area contributed by atoms with Gasteiger partial charge >= 0.3 is 0 Å². The van der Waals surface area contributed by atoms with Gasteiger partial charge in [-0.15, -0.1) is 0 Å². The Bertz CT molecular complexity index is 551. The van der Waals surface area contributed by atoms with Crippen LogP contribution in [0.2, 0.25) is 0 Å². The van der Waals surface area contributed by atoms with Crippen LogP contribution in [0.15, 0.2) is 24.4 Å². The molecule has 19 heavy (non-hydrogen) atoms. The molecular formula is C13H17N3O2S. The Balaban J connectivity index is 1.91. The normalized spacial score (nSPS) is 23.1. The zero-order valence-electron chi connectivity index (χ0n) is 10.6. The molecule has 0 spiro atoms. The van der Waals surface area contributed by atoms with Crippen LogP contribution in [0.25, 0.3) is 0 Å². The molecular weight excluding hydrogens is 262 g/mol. The Kier molecular flexibility index (Phi) is 4.51. The summed E-state index contributed by atoms with van der Waals surface area (Å²) in [7, 11) is -3.35. The molecule has 0 aliphatic heterocycles. The highest BCUT2D eigenvalue weighted by molar-refractivity contribution is 7.89. The average Bonchev–Trinajstić information content (AvgIpc) is 2.84. The minimum absolute atomic E-state index is 0.0126. The van der Waals surface area contributed by atoms with E-state index in [-0.39, 0.29) is 17.7 Å². The van der Waals surface area contributed by atoms with Crippen molar-refractivity contribution in [3.05, 3.63) is 30.1 Å². The molecule has 1 saturated carbocycles. The predicted molar refractivity (Wildman–Crippen MR) is 71.6 cm³/mol. The first-order valence-corrected chi connectivity index (χ1v) is 8.05. The maximum absolute atomic E-state index is 12.0. The van der Waals surface area contributed by atoms with Crippen molar-refractivity contribution in [1.29, 1.82) is 5.26 Å². The van der Waals surface area contributed by atoms with Crippen LogP contribution in [0.4, 0.5) is 0 Å². The molecule has 1 aliphatic rings. The van der Waals surface area contributed by atoms with E-state index in [1.807, 2.05) is 12.1 Å². The van der Waals surface area contributed by atoms with E-state index >= 15 is 0 Å². The molecule has 5 nitrogen and oxygen atoms in total. The van der Waals surface area contributed by atoms with Gasteiger partial charge in [-0.3, -0.25) is 4.98 Å². The molecule has 1 heterocycles. The van der Waals surface area contributed by atoms with Crippen molar-refractivity contribution in [1.82, 2.24) is 9.71 Å². The van der Waals surface area contributed by atoms with Gasteiger partial charge < -0.3 is 0 Å². The summed E-state index contributed by atoms with van der Waals surface area (Å²) in [4.78, 5) is 4.10. The third-order valence-corrected chi connectivity index (χ3v) is 4.77. The summed E-state index contributed by atoms with van der Waals surface area (Å²) in [5.74, 6) is -0.178. The van der Waals surface area contributed by atoms with Crippen LogP contribution in [0.3, 0.4) is 0 Å². The molecule has 1 aromatic rings. The molecule has 0 aromatic carbocycles. The number of sulfonamides is 1. The van der Waals surface area contributed by atoms with Gasteiger partial charge in [0, 0.05) is 24.4 Å². The van der Waals surface area contributed by atoms with Gasteiger partial charge in [0.25, 0.3) is 0 Å². The van der Waals surface area contributed by atoms with Gasteiger partial charge in [0.15, 0.2) is 0 Å². The number of nitrogens with one attached hydrogen (secondary N) is 1. The van der Waals surface area contributed by atoms with Crippen LogP contribution >= 0.6 is 0 Å². The minimum Gasteiger partial charge on any atom is -0.261 e. The number of hydrogen-bond donors (Lipinski definition) is 1. The maximum atomic E-state index is 12.0. The highest BCUT2D eigenvalue weighted by Gasteiger charge is 2.30. The lowest BCUT2D eigenvalue weighted by Crippen LogP contribution is -2.38. The fourth-order valence-corrected chi connectivity index (χ4v) is 3.67. The molecule has 102 valence electrons. The molecule has 1 fully saturated rings. The molecule has 2 atom stereocenters. The van der Waals surface area contributed by atoms with E-state index in [1.54, 1.807) is 12.3 Å². The molecule has 0 amide bonds. The predicted octanol–water partition coefficient (Wildman–Crippen LogP) is 1.24. The lowest BCUT2D eigenvalue weighted by molar-refractivity contribution is 0.515. The molecule has 1 N–H and O–H groups in total. The number of nitriles is 1. The minimum atomic E-state index is -3.35. The van der Waals surface area contributed by atoms with Gasteiger partial charge in [-0.1, -0.05) is 12.5 Å². The first kappa shape index (κ1) is 14.0. The summed E-state index contributed by atoms with van der Waals surface area (Å²) in [5.41, 5.74) is 0.760. The average molecular weight is 279 g/mol. The molecule has 2 rings (SSSR count). The van der Waals surface area contributed by atoms with Gasteiger partial charge in [-0.2, -0.15) is 5.26 Å².